The van der Waals surface area contributed by atoms with Crippen LogP contribution in [0.4, 0.5) is 5.69 Å². The van der Waals surface area contributed by atoms with Gasteiger partial charge in [-0.2, -0.15) is 0 Å². The zero-order valence-electron chi connectivity index (χ0n) is 14.5. The third-order valence-corrected chi connectivity index (χ3v) is 5.73. The van der Waals surface area contributed by atoms with Crippen LogP contribution in [0.2, 0.25) is 0 Å². The molecule has 2 N–H and O–H groups in total. The van der Waals surface area contributed by atoms with E-state index in [-0.39, 0.29) is 16.7 Å². The number of aromatic amines is 1. The largest absolute Gasteiger partial charge is 0.358 e. The van der Waals surface area contributed by atoms with Crippen LogP contribution in [0.25, 0.3) is 10.9 Å². The van der Waals surface area contributed by atoms with E-state index in [1.807, 2.05) is 12.1 Å². The number of nitro groups is 1. The summed E-state index contributed by atoms with van der Waals surface area (Å²) in [6.45, 7) is 2.11. The summed E-state index contributed by atoms with van der Waals surface area (Å²) >= 11 is 3.57. The lowest BCUT2D eigenvalue weighted by Gasteiger charge is -2.27. The van der Waals surface area contributed by atoms with Crippen LogP contribution in [0.15, 0.2) is 46.9 Å². The molecule has 0 spiro atoms. The van der Waals surface area contributed by atoms with Gasteiger partial charge in [-0.05, 0) is 55.5 Å². The first-order valence-electron chi connectivity index (χ1n) is 8.80. The summed E-state index contributed by atoms with van der Waals surface area (Å²) in [4.78, 5) is 14.0. The molecule has 0 aliphatic heterocycles. The van der Waals surface area contributed by atoms with E-state index in [0.717, 1.165) is 29.3 Å². The maximum absolute atomic E-state index is 10.8. The van der Waals surface area contributed by atoms with E-state index < -0.39 is 0 Å². The molecule has 0 saturated heterocycles. The number of nitro benzene ring substituents is 1. The second kappa shape index (κ2) is 6.85. The topological polar surface area (TPSA) is 71.0 Å². The molecule has 2 atom stereocenters. The highest BCUT2D eigenvalue weighted by molar-refractivity contribution is 9.10. The quantitative estimate of drug-likeness (QED) is 0.464. The van der Waals surface area contributed by atoms with Crippen LogP contribution in [0, 0.1) is 10.1 Å². The molecule has 0 unspecified atom stereocenters. The number of benzene rings is 2. The lowest BCUT2D eigenvalue weighted by atomic mass is 9.90. The Morgan fingerprint density at radius 1 is 1.27 bits per heavy atom. The molecule has 0 bridgehead atoms. The van der Waals surface area contributed by atoms with Gasteiger partial charge in [0.25, 0.3) is 5.69 Å². The van der Waals surface area contributed by atoms with Crippen LogP contribution < -0.4 is 5.32 Å². The van der Waals surface area contributed by atoms with Crippen LogP contribution in [0.3, 0.4) is 0 Å². The number of aryl methyl sites for hydroxylation is 1. The van der Waals surface area contributed by atoms with Gasteiger partial charge in [-0.15, -0.1) is 0 Å². The number of halogens is 1. The lowest BCUT2D eigenvalue weighted by molar-refractivity contribution is -0.384. The molecule has 6 heteroatoms. The zero-order chi connectivity index (χ0) is 18.3. The van der Waals surface area contributed by atoms with Crippen molar-refractivity contribution in [3.05, 3.63) is 73.9 Å². The van der Waals surface area contributed by atoms with Gasteiger partial charge in [0, 0.05) is 45.3 Å². The standard InChI is InChI=1S/C20H20BrN3O2/c1-12(13-2-6-16(7-3-13)24(25)26)22-15-5-9-20-18(11-15)17-10-14(21)4-8-19(17)23-20/h2-4,6-8,10,12,15,22-23H,5,9,11H2,1H3/t12-,15+/m1/s1. The SMILES string of the molecule is C[C@@H](N[C@H]1CCc2[nH]c3ccc(Br)cc3c2C1)c1ccc([N+](=O)[O-])cc1. The van der Waals surface area contributed by atoms with Crippen LogP contribution >= 0.6 is 15.9 Å². The molecule has 0 amide bonds. The smallest absolute Gasteiger partial charge is 0.269 e. The van der Waals surface area contributed by atoms with Crippen molar-refractivity contribution in [1.82, 2.24) is 10.3 Å². The number of nitrogens with one attached hydrogen (secondary N) is 2. The van der Waals surface area contributed by atoms with Crippen molar-refractivity contribution in [2.75, 3.05) is 0 Å². The molecule has 1 heterocycles. The zero-order valence-corrected chi connectivity index (χ0v) is 16.0. The van der Waals surface area contributed by atoms with E-state index in [4.69, 9.17) is 0 Å². The van der Waals surface area contributed by atoms with Gasteiger partial charge >= 0.3 is 0 Å². The van der Waals surface area contributed by atoms with Gasteiger partial charge < -0.3 is 10.3 Å². The first kappa shape index (κ1) is 17.2. The summed E-state index contributed by atoms with van der Waals surface area (Å²) in [6, 6.07) is 13.8. The monoisotopic (exact) mass is 413 g/mol. The Morgan fingerprint density at radius 2 is 2.04 bits per heavy atom. The summed E-state index contributed by atoms with van der Waals surface area (Å²) in [5, 5.41) is 15.8. The van der Waals surface area contributed by atoms with Crippen molar-refractivity contribution in [3.63, 3.8) is 0 Å². The first-order chi connectivity index (χ1) is 12.5. The van der Waals surface area contributed by atoms with E-state index in [1.54, 1.807) is 12.1 Å². The summed E-state index contributed by atoms with van der Waals surface area (Å²) in [6.07, 6.45) is 3.10. The maximum atomic E-state index is 10.8. The van der Waals surface area contributed by atoms with Gasteiger partial charge in [0.05, 0.1) is 4.92 Å². The van der Waals surface area contributed by atoms with E-state index in [9.17, 15) is 10.1 Å². The molecule has 4 rings (SSSR count). The van der Waals surface area contributed by atoms with E-state index in [2.05, 4.69) is 51.4 Å². The minimum atomic E-state index is -0.361. The Hall–Kier alpha value is -2.18. The van der Waals surface area contributed by atoms with Crippen LogP contribution in [-0.2, 0) is 12.8 Å². The van der Waals surface area contributed by atoms with Gasteiger partial charge in [0.2, 0.25) is 0 Å². The fraction of sp³-hybridized carbons (Fsp3) is 0.300. The first-order valence-corrected chi connectivity index (χ1v) is 9.60. The normalized spacial score (nSPS) is 17.8. The average molecular weight is 414 g/mol. The van der Waals surface area contributed by atoms with E-state index >= 15 is 0 Å². The highest BCUT2D eigenvalue weighted by Gasteiger charge is 2.24. The van der Waals surface area contributed by atoms with Gasteiger partial charge in [0.1, 0.15) is 0 Å². The number of nitrogens with zero attached hydrogens (tertiary/aromatic N) is 1. The van der Waals surface area contributed by atoms with Crippen molar-refractivity contribution in [3.8, 4) is 0 Å². The summed E-state index contributed by atoms with van der Waals surface area (Å²) in [5.74, 6) is 0. The third kappa shape index (κ3) is 3.27. The van der Waals surface area contributed by atoms with Gasteiger partial charge in [-0.25, -0.2) is 0 Å². The molecule has 5 nitrogen and oxygen atoms in total. The number of non-ortho nitro benzene ring substituents is 1. The Bertz CT molecular complexity index is 965. The van der Waals surface area contributed by atoms with Crippen molar-refractivity contribution in [2.24, 2.45) is 0 Å². The maximum Gasteiger partial charge on any atom is 0.269 e. The molecule has 1 aliphatic carbocycles. The Kier molecular flexibility index (Phi) is 4.54. The van der Waals surface area contributed by atoms with Gasteiger partial charge in [0.15, 0.2) is 0 Å². The van der Waals surface area contributed by atoms with Crippen LogP contribution in [0.5, 0.6) is 0 Å². The van der Waals surface area contributed by atoms with Gasteiger partial charge in [-0.1, -0.05) is 28.1 Å². The molecule has 0 fully saturated rings. The van der Waals surface area contributed by atoms with Crippen molar-refractivity contribution >= 4 is 32.5 Å². The Balaban J connectivity index is 1.51. The van der Waals surface area contributed by atoms with Crippen LogP contribution in [0.1, 0.15) is 36.2 Å². The van der Waals surface area contributed by atoms with E-state index in [0.29, 0.717) is 6.04 Å². The average Bonchev–Trinajstić information content (AvgIpc) is 2.99. The second-order valence-electron chi connectivity index (χ2n) is 6.95. The summed E-state index contributed by atoms with van der Waals surface area (Å²) in [7, 11) is 0. The summed E-state index contributed by atoms with van der Waals surface area (Å²) < 4.78 is 1.10. The molecule has 1 aliphatic rings. The number of aromatic nitrogens is 1. The highest BCUT2D eigenvalue weighted by Crippen LogP contribution is 2.32. The lowest BCUT2D eigenvalue weighted by Crippen LogP contribution is -2.36. The highest BCUT2D eigenvalue weighted by atomic mass is 79.9. The third-order valence-electron chi connectivity index (χ3n) is 5.24. The number of fused-ring (bicyclic) bond motifs is 3. The fourth-order valence-electron chi connectivity index (χ4n) is 3.87. The van der Waals surface area contributed by atoms with Crippen molar-refractivity contribution in [1.29, 1.82) is 0 Å². The van der Waals surface area contributed by atoms with Crippen molar-refractivity contribution in [2.45, 2.75) is 38.3 Å². The molecule has 134 valence electrons. The molecule has 26 heavy (non-hydrogen) atoms. The second-order valence-corrected chi connectivity index (χ2v) is 7.86. The molecule has 2 aromatic carbocycles. The van der Waals surface area contributed by atoms with Crippen molar-refractivity contribution < 1.29 is 4.92 Å². The molecule has 0 saturated carbocycles. The predicted octanol–water partition coefficient (Wildman–Crippen LogP) is 5.05. The van der Waals surface area contributed by atoms with Crippen LogP contribution in [-0.4, -0.2) is 15.9 Å². The minimum absolute atomic E-state index is 0.132. The minimum Gasteiger partial charge on any atom is -0.358 e. The predicted molar refractivity (Wildman–Crippen MR) is 106 cm³/mol. The van der Waals surface area contributed by atoms with E-state index in [1.165, 1.54) is 22.2 Å². The molecular weight excluding hydrogens is 394 g/mol. The van der Waals surface area contributed by atoms with Gasteiger partial charge in [-0.3, -0.25) is 10.1 Å². The molecule has 3 aromatic rings. The number of hydrogen-bond acceptors (Lipinski definition) is 3. The molecular formula is C20H20BrN3O2. The number of hydrogen-bond donors (Lipinski definition) is 2. The Morgan fingerprint density at radius 3 is 2.77 bits per heavy atom. The molecule has 0 radical (unpaired) electrons. The Labute approximate surface area is 160 Å². The fourth-order valence-corrected chi connectivity index (χ4v) is 4.23. The number of rotatable bonds is 4. The summed E-state index contributed by atoms with van der Waals surface area (Å²) in [5.41, 5.74) is 5.15. The molecule has 1 aromatic heterocycles. The number of H-pyrrole nitrogens is 1.